The van der Waals surface area contributed by atoms with Crippen LogP contribution in [0.1, 0.15) is 18.5 Å². The fraction of sp³-hybridized carbons (Fsp3) is 0.273. The van der Waals surface area contributed by atoms with Crippen LogP contribution in [0.2, 0.25) is 0 Å². The van der Waals surface area contributed by atoms with Crippen LogP contribution in [0.4, 0.5) is 4.39 Å². The summed E-state index contributed by atoms with van der Waals surface area (Å²) in [5.41, 5.74) is 6.20. The van der Waals surface area contributed by atoms with Crippen molar-refractivity contribution < 1.29 is 4.39 Å². The van der Waals surface area contributed by atoms with Crippen molar-refractivity contribution in [3.05, 3.63) is 40.1 Å². The third kappa shape index (κ3) is 2.46. The van der Waals surface area contributed by atoms with E-state index >= 15 is 0 Å². The molecule has 0 unspecified atom stereocenters. The summed E-state index contributed by atoms with van der Waals surface area (Å²) in [6.07, 6.45) is 0. The number of hydrogen-bond donors (Lipinski definition) is 2. The molecule has 0 fully saturated rings. The first-order valence-electron chi connectivity index (χ1n) is 5.33. The van der Waals surface area contributed by atoms with E-state index in [4.69, 9.17) is 5.73 Å². The summed E-state index contributed by atoms with van der Waals surface area (Å²) in [7, 11) is 1.61. The van der Waals surface area contributed by atoms with Gasteiger partial charge in [-0.15, -0.1) is 5.10 Å². The molecular formula is C11H13FN4OS. The standard InChI is InChI=1S/C11H13FN4OS/c1-6(13)8-5-7(12)3-4-9(8)18-11-15-14-10(17)16(11)2/h3-6H,13H2,1-2H3,(H,14,17)/t6-/m0/s1. The molecule has 0 aliphatic heterocycles. The quantitative estimate of drug-likeness (QED) is 0.882. The lowest BCUT2D eigenvalue weighted by molar-refractivity contribution is 0.619. The minimum Gasteiger partial charge on any atom is -0.324 e. The number of H-pyrrole nitrogens is 1. The van der Waals surface area contributed by atoms with E-state index in [1.807, 2.05) is 0 Å². The molecule has 0 bridgehead atoms. The Kier molecular flexibility index (Phi) is 3.53. The van der Waals surface area contributed by atoms with Gasteiger partial charge < -0.3 is 5.73 Å². The number of aromatic nitrogens is 3. The van der Waals surface area contributed by atoms with Crippen LogP contribution >= 0.6 is 11.8 Å². The van der Waals surface area contributed by atoms with Crippen LogP contribution in [-0.4, -0.2) is 14.8 Å². The lowest BCUT2D eigenvalue weighted by atomic mass is 10.1. The van der Waals surface area contributed by atoms with Gasteiger partial charge in [-0.05, 0) is 42.4 Å². The Morgan fingerprint density at radius 3 is 2.83 bits per heavy atom. The van der Waals surface area contributed by atoms with Gasteiger partial charge in [-0.2, -0.15) is 0 Å². The number of hydrogen-bond acceptors (Lipinski definition) is 4. The largest absolute Gasteiger partial charge is 0.343 e. The summed E-state index contributed by atoms with van der Waals surface area (Å²) < 4.78 is 14.6. The Hall–Kier alpha value is -1.60. The minimum absolute atomic E-state index is 0.290. The zero-order valence-corrected chi connectivity index (χ0v) is 10.8. The van der Waals surface area contributed by atoms with Gasteiger partial charge in [0.25, 0.3) is 0 Å². The third-order valence-corrected chi connectivity index (χ3v) is 3.64. The predicted octanol–water partition coefficient (Wildman–Crippen LogP) is 1.42. The van der Waals surface area contributed by atoms with E-state index in [2.05, 4.69) is 10.2 Å². The Balaban J connectivity index is 2.40. The van der Waals surface area contributed by atoms with Gasteiger partial charge in [-0.3, -0.25) is 4.57 Å². The van der Waals surface area contributed by atoms with Crippen molar-refractivity contribution in [1.29, 1.82) is 0 Å². The summed E-state index contributed by atoms with van der Waals surface area (Å²) in [6.45, 7) is 1.78. The Labute approximate surface area is 107 Å². The van der Waals surface area contributed by atoms with Crippen molar-refractivity contribution >= 4 is 11.8 Å². The lowest BCUT2D eigenvalue weighted by Crippen LogP contribution is -2.13. The molecule has 0 aliphatic rings. The van der Waals surface area contributed by atoms with Crippen molar-refractivity contribution in [3.8, 4) is 0 Å². The molecule has 3 N–H and O–H groups in total. The van der Waals surface area contributed by atoms with Crippen LogP contribution in [0.25, 0.3) is 0 Å². The van der Waals surface area contributed by atoms with Crippen LogP contribution in [0.5, 0.6) is 0 Å². The van der Waals surface area contributed by atoms with Gasteiger partial charge >= 0.3 is 5.69 Å². The Morgan fingerprint density at radius 1 is 1.56 bits per heavy atom. The van der Waals surface area contributed by atoms with Crippen molar-refractivity contribution in [2.45, 2.75) is 23.0 Å². The molecule has 0 saturated heterocycles. The highest BCUT2D eigenvalue weighted by Crippen LogP contribution is 2.31. The maximum Gasteiger partial charge on any atom is 0.343 e. The van der Waals surface area contributed by atoms with Gasteiger partial charge in [0.2, 0.25) is 0 Å². The van der Waals surface area contributed by atoms with Gasteiger partial charge in [-0.1, -0.05) is 0 Å². The first kappa shape index (κ1) is 12.8. The maximum atomic E-state index is 13.2. The van der Waals surface area contributed by atoms with E-state index in [-0.39, 0.29) is 17.5 Å². The second-order valence-corrected chi connectivity index (χ2v) is 4.95. The molecular weight excluding hydrogens is 255 g/mol. The van der Waals surface area contributed by atoms with Crippen molar-refractivity contribution in [2.24, 2.45) is 12.8 Å². The monoisotopic (exact) mass is 268 g/mol. The topological polar surface area (TPSA) is 76.7 Å². The second-order valence-electron chi connectivity index (χ2n) is 3.94. The van der Waals surface area contributed by atoms with E-state index in [1.165, 1.54) is 28.5 Å². The summed E-state index contributed by atoms with van der Waals surface area (Å²) in [6, 6.07) is 4.10. The van der Waals surface area contributed by atoms with Crippen molar-refractivity contribution in [2.75, 3.05) is 0 Å². The number of benzene rings is 1. The summed E-state index contributed by atoms with van der Waals surface area (Å²) in [4.78, 5) is 12.0. The smallest absolute Gasteiger partial charge is 0.324 e. The van der Waals surface area contributed by atoms with Crippen molar-refractivity contribution in [3.63, 3.8) is 0 Å². The van der Waals surface area contributed by atoms with Crippen LogP contribution < -0.4 is 11.4 Å². The zero-order chi connectivity index (χ0) is 13.3. The van der Waals surface area contributed by atoms with Gasteiger partial charge in [0.15, 0.2) is 5.16 Å². The molecule has 0 aliphatic carbocycles. The fourth-order valence-electron chi connectivity index (χ4n) is 1.49. The van der Waals surface area contributed by atoms with E-state index < -0.39 is 0 Å². The normalized spacial score (nSPS) is 12.7. The lowest BCUT2D eigenvalue weighted by Gasteiger charge is -2.11. The number of halogens is 1. The van der Waals surface area contributed by atoms with E-state index in [0.717, 1.165) is 4.90 Å². The van der Waals surface area contributed by atoms with Crippen LogP contribution in [0.3, 0.4) is 0 Å². The molecule has 2 aromatic rings. The highest BCUT2D eigenvalue weighted by atomic mass is 32.2. The molecule has 96 valence electrons. The maximum absolute atomic E-state index is 13.2. The SMILES string of the molecule is C[C@H](N)c1cc(F)ccc1Sc1n[nH]c(=O)n1C. The van der Waals surface area contributed by atoms with Gasteiger partial charge in [0.05, 0.1) is 0 Å². The highest BCUT2D eigenvalue weighted by Gasteiger charge is 2.13. The molecule has 5 nitrogen and oxygen atoms in total. The van der Waals surface area contributed by atoms with E-state index in [0.29, 0.717) is 10.7 Å². The molecule has 1 aromatic carbocycles. The predicted molar refractivity (Wildman–Crippen MR) is 67.0 cm³/mol. The summed E-state index contributed by atoms with van der Waals surface area (Å²) in [5, 5.41) is 6.74. The first-order valence-corrected chi connectivity index (χ1v) is 6.15. The average molecular weight is 268 g/mol. The highest BCUT2D eigenvalue weighted by molar-refractivity contribution is 7.99. The average Bonchev–Trinajstić information content (AvgIpc) is 2.63. The van der Waals surface area contributed by atoms with Gasteiger partial charge in [0, 0.05) is 18.0 Å². The van der Waals surface area contributed by atoms with Crippen LogP contribution in [0, 0.1) is 5.82 Å². The van der Waals surface area contributed by atoms with Crippen LogP contribution in [0.15, 0.2) is 33.0 Å². The summed E-state index contributed by atoms with van der Waals surface area (Å²) >= 11 is 1.27. The molecule has 18 heavy (non-hydrogen) atoms. The number of nitrogens with zero attached hydrogens (tertiary/aromatic N) is 2. The molecule has 1 atom stereocenters. The van der Waals surface area contributed by atoms with Gasteiger partial charge in [-0.25, -0.2) is 14.3 Å². The number of nitrogens with one attached hydrogen (secondary N) is 1. The number of rotatable bonds is 3. The van der Waals surface area contributed by atoms with Crippen LogP contribution in [-0.2, 0) is 7.05 Å². The summed E-state index contributed by atoms with van der Waals surface area (Å²) in [5.74, 6) is -0.331. The molecule has 1 aromatic heterocycles. The Morgan fingerprint density at radius 2 is 2.28 bits per heavy atom. The molecule has 0 saturated carbocycles. The van der Waals surface area contributed by atoms with E-state index in [9.17, 15) is 9.18 Å². The van der Waals surface area contributed by atoms with Gasteiger partial charge in [0.1, 0.15) is 5.82 Å². The second kappa shape index (κ2) is 4.95. The number of aromatic amines is 1. The minimum atomic E-state index is -0.331. The Bertz CT molecular complexity index is 620. The molecule has 2 rings (SSSR count). The molecule has 0 radical (unpaired) electrons. The molecule has 0 spiro atoms. The molecule has 7 heteroatoms. The van der Waals surface area contributed by atoms with E-state index in [1.54, 1.807) is 20.0 Å². The molecule has 1 heterocycles. The first-order chi connectivity index (χ1) is 8.49. The molecule has 0 amide bonds. The zero-order valence-electron chi connectivity index (χ0n) is 9.98. The van der Waals surface area contributed by atoms with Crippen molar-refractivity contribution in [1.82, 2.24) is 14.8 Å². The third-order valence-electron chi connectivity index (χ3n) is 2.50. The fourth-order valence-corrected chi connectivity index (χ4v) is 2.50. The number of nitrogens with two attached hydrogens (primary N) is 1.